The summed E-state index contributed by atoms with van der Waals surface area (Å²) in [6.45, 7) is 6.66. The number of nitrogens with two attached hydrogens (primary N) is 1. The minimum atomic E-state index is 0.269. The van der Waals surface area contributed by atoms with Crippen LogP contribution in [0.5, 0.6) is 0 Å². The van der Waals surface area contributed by atoms with Gasteiger partial charge in [0.05, 0.1) is 17.9 Å². The maximum Gasteiger partial charge on any atom is 0.148 e. The van der Waals surface area contributed by atoms with Gasteiger partial charge in [0.2, 0.25) is 0 Å². The van der Waals surface area contributed by atoms with Gasteiger partial charge in [0.1, 0.15) is 11.6 Å². The van der Waals surface area contributed by atoms with Crippen LogP contribution < -0.4 is 11.1 Å². The summed E-state index contributed by atoms with van der Waals surface area (Å²) >= 11 is 0. The molecule has 17 heavy (non-hydrogen) atoms. The van der Waals surface area contributed by atoms with Crippen molar-refractivity contribution in [2.75, 3.05) is 11.1 Å². The first-order valence-corrected chi connectivity index (χ1v) is 5.66. The molecule has 4 N–H and O–H groups in total. The van der Waals surface area contributed by atoms with Crippen LogP contribution in [0.3, 0.4) is 0 Å². The molecule has 0 spiro atoms. The first-order valence-electron chi connectivity index (χ1n) is 5.66. The number of H-pyrrole nitrogens is 1. The van der Waals surface area contributed by atoms with E-state index >= 15 is 0 Å². The number of nitrogens with one attached hydrogen (secondary N) is 2. The summed E-state index contributed by atoms with van der Waals surface area (Å²) in [5, 5.41) is 7.68. The third-order valence-electron chi connectivity index (χ3n) is 2.60. The standard InChI is InChI=1S/C11H18N6/c1-7(2)17-11(10(12)8(3)16-17)15-6-9-13-4-5-14-9/h4-5,7,15H,6,12H2,1-3H3,(H,13,14). The molecule has 0 saturated carbocycles. The first-order chi connectivity index (χ1) is 8.09. The Morgan fingerprint density at radius 1 is 1.53 bits per heavy atom. The van der Waals surface area contributed by atoms with Crippen LogP contribution in [0, 0.1) is 6.92 Å². The van der Waals surface area contributed by atoms with Crippen LogP contribution in [0.25, 0.3) is 0 Å². The van der Waals surface area contributed by atoms with Crippen molar-refractivity contribution in [1.29, 1.82) is 0 Å². The van der Waals surface area contributed by atoms with Crippen LogP contribution in [0.2, 0.25) is 0 Å². The highest BCUT2D eigenvalue weighted by Gasteiger charge is 2.14. The summed E-state index contributed by atoms with van der Waals surface area (Å²) in [5.41, 5.74) is 7.55. The van der Waals surface area contributed by atoms with Gasteiger partial charge in [0.15, 0.2) is 0 Å². The minimum absolute atomic E-state index is 0.269. The molecule has 0 atom stereocenters. The highest BCUT2D eigenvalue weighted by molar-refractivity contribution is 5.64. The summed E-state index contributed by atoms with van der Waals surface area (Å²) < 4.78 is 1.90. The van der Waals surface area contributed by atoms with E-state index in [1.54, 1.807) is 12.4 Å². The number of aryl methyl sites for hydroxylation is 1. The highest BCUT2D eigenvalue weighted by atomic mass is 15.4. The Bertz CT molecular complexity index is 482. The molecule has 92 valence electrons. The van der Waals surface area contributed by atoms with Crippen LogP contribution in [0.1, 0.15) is 31.4 Å². The molecule has 0 aromatic carbocycles. The maximum absolute atomic E-state index is 6.00. The van der Waals surface area contributed by atoms with Crippen LogP contribution in [-0.4, -0.2) is 19.7 Å². The quantitative estimate of drug-likeness (QED) is 0.751. The van der Waals surface area contributed by atoms with Gasteiger partial charge >= 0.3 is 0 Å². The fourth-order valence-electron chi connectivity index (χ4n) is 1.67. The molecule has 0 fully saturated rings. The molecule has 0 saturated heterocycles. The molecule has 2 aromatic rings. The zero-order valence-corrected chi connectivity index (χ0v) is 10.4. The number of aromatic amines is 1. The number of anilines is 2. The van der Waals surface area contributed by atoms with Gasteiger partial charge in [-0.1, -0.05) is 0 Å². The average Bonchev–Trinajstić information content (AvgIpc) is 2.87. The lowest BCUT2D eigenvalue weighted by molar-refractivity contribution is 0.534. The van der Waals surface area contributed by atoms with Gasteiger partial charge in [-0.2, -0.15) is 5.10 Å². The summed E-state index contributed by atoms with van der Waals surface area (Å²) in [7, 11) is 0. The van der Waals surface area contributed by atoms with E-state index in [4.69, 9.17) is 5.73 Å². The van der Waals surface area contributed by atoms with E-state index in [9.17, 15) is 0 Å². The predicted octanol–water partition coefficient (Wildman–Crippen LogP) is 1.69. The Labute approximate surface area is 100 Å². The monoisotopic (exact) mass is 234 g/mol. The van der Waals surface area contributed by atoms with Crippen molar-refractivity contribution in [3.8, 4) is 0 Å². The van der Waals surface area contributed by atoms with Gasteiger partial charge in [-0.3, -0.25) is 0 Å². The molecule has 6 heteroatoms. The fraction of sp³-hybridized carbons (Fsp3) is 0.455. The van der Waals surface area contributed by atoms with Crippen molar-refractivity contribution < 1.29 is 0 Å². The first kappa shape index (κ1) is 11.5. The molecule has 0 bridgehead atoms. The molecule has 2 rings (SSSR count). The second-order valence-electron chi connectivity index (χ2n) is 4.28. The number of nitrogens with zero attached hydrogens (tertiary/aromatic N) is 3. The number of imidazole rings is 1. The van der Waals surface area contributed by atoms with Gasteiger partial charge < -0.3 is 16.0 Å². The van der Waals surface area contributed by atoms with Gasteiger partial charge in [-0.15, -0.1) is 0 Å². The van der Waals surface area contributed by atoms with Crippen molar-refractivity contribution in [1.82, 2.24) is 19.7 Å². The summed E-state index contributed by atoms with van der Waals surface area (Å²) in [6.07, 6.45) is 3.52. The van der Waals surface area contributed by atoms with Crippen LogP contribution in [0.15, 0.2) is 12.4 Å². The fourth-order valence-corrected chi connectivity index (χ4v) is 1.67. The number of aromatic nitrogens is 4. The Balaban J connectivity index is 2.19. The van der Waals surface area contributed by atoms with Crippen molar-refractivity contribution >= 4 is 11.5 Å². The van der Waals surface area contributed by atoms with E-state index in [1.165, 1.54) is 0 Å². The number of hydrogen-bond donors (Lipinski definition) is 3. The Kier molecular flexibility index (Phi) is 3.03. The number of rotatable bonds is 4. The molecule has 0 radical (unpaired) electrons. The van der Waals surface area contributed by atoms with Crippen LogP contribution in [0.4, 0.5) is 11.5 Å². The van der Waals surface area contributed by atoms with E-state index in [0.29, 0.717) is 12.2 Å². The van der Waals surface area contributed by atoms with E-state index in [1.807, 2.05) is 11.6 Å². The lowest BCUT2D eigenvalue weighted by Gasteiger charge is -2.12. The van der Waals surface area contributed by atoms with E-state index in [0.717, 1.165) is 17.3 Å². The zero-order valence-electron chi connectivity index (χ0n) is 10.4. The lowest BCUT2D eigenvalue weighted by Crippen LogP contribution is -2.11. The second-order valence-corrected chi connectivity index (χ2v) is 4.28. The van der Waals surface area contributed by atoms with Crippen molar-refractivity contribution in [2.45, 2.75) is 33.4 Å². The van der Waals surface area contributed by atoms with Crippen molar-refractivity contribution in [3.63, 3.8) is 0 Å². The predicted molar refractivity (Wildman–Crippen MR) is 67.7 cm³/mol. The summed E-state index contributed by atoms with van der Waals surface area (Å²) in [4.78, 5) is 7.19. The lowest BCUT2D eigenvalue weighted by atomic mass is 10.3. The largest absolute Gasteiger partial charge is 0.394 e. The molecular weight excluding hydrogens is 216 g/mol. The molecule has 0 unspecified atom stereocenters. The Morgan fingerprint density at radius 2 is 2.29 bits per heavy atom. The molecule has 0 aliphatic rings. The van der Waals surface area contributed by atoms with E-state index < -0.39 is 0 Å². The maximum atomic E-state index is 6.00. The zero-order chi connectivity index (χ0) is 12.4. The van der Waals surface area contributed by atoms with Gasteiger partial charge in [-0.05, 0) is 20.8 Å². The average molecular weight is 234 g/mol. The Hall–Kier alpha value is -1.98. The third-order valence-corrected chi connectivity index (χ3v) is 2.60. The SMILES string of the molecule is Cc1nn(C(C)C)c(NCc2ncc[nH]2)c1N. The Morgan fingerprint density at radius 3 is 2.88 bits per heavy atom. The van der Waals surface area contributed by atoms with Gasteiger partial charge in [0, 0.05) is 18.4 Å². The molecule has 6 nitrogen and oxygen atoms in total. The smallest absolute Gasteiger partial charge is 0.148 e. The molecule has 2 heterocycles. The molecular formula is C11H18N6. The summed E-state index contributed by atoms with van der Waals surface area (Å²) in [6, 6.07) is 0.269. The van der Waals surface area contributed by atoms with Gasteiger partial charge in [0.25, 0.3) is 0 Å². The number of hydrogen-bond acceptors (Lipinski definition) is 4. The molecule has 0 amide bonds. The topological polar surface area (TPSA) is 84.5 Å². The van der Waals surface area contributed by atoms with Crippen LogP contribution >= 0.6 is 0 Å². The minimum Gasteiger partial charge on any atom is -0.394 e. The summed E-state index contributed by atoms with van der Waals surface area (Å²) in [5.74, 6) is 1.73. The van der Waals surface area contributed by atoms with Gasteiger partial charge in [-0.25, -0.2) is 9.67 Å². The molecule has 0 aliphatic heterocycles. The van der Waals surface area contributed by atoms with Crippen molar-refractivity contribution in [3.05, 3.63) is 23.9 Å². The van der Waals surface area contributed by atoms with Crippen molar-refractivity contribution in [2.24, 2.45) is 0 Å². The number of nitrogen functional groups attached to an aromatic ring is 1. The van der Waals surface area contributed by atoms with E-state index in [2.05, 4.69) is 34.2 Å². The molecule has 0 aliphatic carbocycles. The highest BCUT2D eigenvalue weighted by Crippen LogP contribution is 2.25. The third kappa shape index (κ3) is 2.25. The molecule has 2 aromatic heterocycles. The second kappa shape index (κ2) is 4.48. The van der Waals surface area contributed by atoms with Crippen LogP contribution in [-0.2, 0) is 6.54 Å². The van der Waals surface area contributed by atoms with E-state index in [-0.39, 0.29) is 6.04 Å². The normalized spacial score (nSPS) is 11.1.